The first-order chi connectivity index (χ1) is 9.17. The van der Waals surface area contributed by atoms with E-state index in [1.807, 2.05) is 30.0 Å². The zero-order chi connectivity index (χ0) is 14.3. The highest BCUT2D eigenvalue weighted by Crippen LogP contribution is 2.31. The van der Waals surface area contributed by atoms with Crippen molar-refractivity contribution in [3.05, 3.63) is 23.8 Å². The predicted octanol–water partition coefficient (Wildman–Crippen LogP) is 2.00. The highest BCUT2D eigenvalue weighted by Gasteiger charge is 2.19. The summed E-state index contributed by atoms with van der Waals surface area (Å²) in [5.74, 6) is 2.76. The molecule has 0 aliphatic heterocycles. The largest absolute Gasteiger partial charge is 0.497 e. The number of hydrogen-bond acceptors (Lipinski definition) is 5. The highest BCUT2D eigenvalue weighted by molar-refractivity contribution is 7.98. The van der Waals surface area contributed by atoms with E-state index in [2.05, 4.69) is 18.2 Å². The molecule has 5 heteroatoms. The van der Waals surface area contributed by atoms with Crippen LogP contribution in [0.1, 0.15) is 11.6 Å². The number of ether oxygens (including phenoxy) is 2. The summed E-state index contributed by atoms with van der Waals surface area (Å²) in [7, 11) is 5.44. The van der Waals surface area contributed by atoms with Crippen molar-refractivity contribution in [3.63, 3.8) is 0 Å². The molecule has 0 heterocycles. The Labute approximate surface area is 120 Å². The molecule has 0 spiro atoms. The van der Waals surface area contributed by atoms with Crippen molar-refractivity contribution in [2.24, 2.45) is 5.73 Å². The summed E-state index contributed by atoms with van der Waals surface area (Å²) >= 11 is 1.83. The van der Waals surface area contributed by atoms with Gasteiger partial charge in [-0.25, -0.2) is 0 Å². The number of hydrogen-bond donors (Lipinski definition) is 1. The lowest BCUT2D eigenvalue weighted by Crippen LogP contribution is -2.32. The Balaban J connectivity index is 3.01. The molecule has 0 fully saturated rings. The summed E-state index contributed by atoms with van der Waals surface area (Å²) in [6, 6.07) is 5.97. The summed E-state index contributed by atoms with van der Waals surface area (Å²) in [5.41, 5.74) is 7.02. The number of benzene rings is 1. The third-order valence-electron chi connectivity index (χ3n) is 3.20. The Morgan fingerprint density at radius 2 is 2.05 bits per heavy atom. The minimum absolute atomic E-state index is 0.136. The van der Waals surface area contributed by atoms with Gasteiger partial charge in [-0.3, -0.25) is 4.90 Å². The topological polar surface area (TPSA) is 47.7 Å². The second-order valence-corrected chi connectivity index (χ2v) is 5.32. The Morgan fingerprint density at radius 1 is 1.32 bits per heavy atom. The van der Waals surface area contributed by atoms with Crippen molar-refractivity contribution in [3.8, 4) is 11.5 Å². The molecule has 108 valence electrons. The van der Waals surface area contributed by atoms with Crippen LogP contribution < -0.4 is 15.2 Å². The van der Waals surface area contributed by atoms with Crippen LogP contribution in [0.15, 0.2) is 18.2 Å². The van der Waals surface area contributed by atoms with Crippen LogP contribution in [0, 0.1) is 0 Å². The van der Waals surface area contributed by atoms with E-state index >= 15 is 0 Å². The van der Waals surface area contributed by atoms with Crippen molar-refractivity contribution in [2.75, 3.05) is 46.4 Å². The lowest BCUT2D eigenvalue weighted by atomic mass is 10.0. The first-order valence-corrected chi connectivity index (χ1v) is 7.68. The van der Waals surface area contributed by atoms with E-state index in [1.165, 1.54) is 0 Å². The van der Waals surface area contributed by atoms with Crippen LogP contribution in [0.2, 0.25) is 0 Å². The van der Waals surface area contributed by atoms with Crippen LogP contribution in [0.4, 0.5) is 0 Å². The average Bonchev–Trinajstić information content (AvgIpc) is 2.45. The Hall–Kier alpha value is -0.910. The second-order valence-electron chi connectivity index (χ2n) is 4.33. The first kappa shape index (κ1) is 16.1. The van der Waals surface area contributed by atoms with Crippen LogP contribution in [0.5, 0.6) is 11.5 Å². The van der Waals surface area contributed by atoms with Crippen molar-refractivity contribution in [2.45, 2.75) is 6.04 Å². The summed E-state index contributed by atoms with van der Waals surface area (Å²) in [4.78, 5) is 2.26. The van der Waals surface area contributed by atoms with Gasteiger partial charge >= 0.3 is 0 Å². The van der Waals surface area contributed by atoms with E-state index in [0.29, 0.717) is 6.54 Å². The number of methoxy groups -OCH3 is 2. The SMILES string of the molecule is COc1ccc(OC)c(C(CN)N(C)CCSC)c1. The molecule has 0 aliphatic rings. The molecule has 19 heavy (non-hydrogen) atoms. The van der Waals surface area contributed by atoms with Gasteiger partial charge < -0.3 is 15.2 Å². The molecule has 0 aliphatic carbocycles. The molecule has 1 aromatic carbocycles. The highest BCUT2D eigenvalue weighted by atomic mass is 32.2. The van der Waals surface area contributed by atoms with Crippen molar-refractivity contribution < 1.29 is 9.47 Å². The number of thioether (sulfide) groups is 1. The second kappa shape index (κ2) is 8.30. The van der Waals surface area contributed by atoms with Gasteiger partial charge in [0.05, 0.1) is 20.3 Å². The fourth-order valence-electron chi connectivity index (χ4n) is 2.04. The van der Waals surface area contributed by atoms with Crippen molar-refractivity contribution in [1.82, 2.24) is 4.90 Å². The van der Waals surface area contributed by atoms with Crippen LogP contribution in [0.3, 0.4) is 0 Å². The minimum Gasteiger partial charge on any atom is -0.497 e. The van der Waals surface area contributed by atoms with Crippen molar-refractivity contribution in [1.29, 1.82) is 0 Å². The molecular weight excluding hydrogens is 260 g/mol. The van der Waals surface area contributed by atoms with E-state index in [1.54, 1.807) is 14.2 Å². The van der Waals surface area contributed by atoms with E-state index in [4.69, 9.17) is 15.2 Å². The van der Waals surface area contributed by atoms with E-state index in [-0.39, 0.29) is 6.04 Å². The molecule has 1 aromatic rings. The molecule has 0 saturated heterocycles. The van der Waals surface area contributed by atoms with Gasteiger partial charge in [-0.2, -0.15) is 11.8 Å². The van der Waals surface area contributed by atoms with Crippen LogP contribution in [-0.4, -0.2) is 51.3 Å². The van der Waals surface area contributed by atoms with E-state index < -0.39 is 0 Å². The summed E-state index contributed by atoms with van der Waals surface area (Å²) in [5, 5.41) is 0. The maximum absolute atomic E-state index is 5.95. The molecule has 0 bridgehead atoms. The predicted molar refractivity (Wildman–Crippen MR) is 82.4 cm³/mol. The zero-order valence-corrected chi connectivity index (χ0v) is 13.0. The molecular formula is C14H24N2O2S. The van der Waals surface area contributed by atoms with Crippen molar-refractivity contribution >= 4 is 11.8 Å². The van der Waals surface area contributed by atoms with E-state index in [0.717, 1.165) is 29.4 Å². The molecule has 1 unspecified atom stereocenters. The Bertz CT molecular complexity index is 388. The van der Waals surface area contributed by atoms with Gasteiger partial charge in [-0.1, -0.05) is 0 Å². The van der Waals surface area contributed by atoms with Gasteiger partial charge in [0.1, 0.15) is 11.5 Å². The molecule has 2 N–H and O–H groups in total. The maximum atomic E-state index is 5.95. The summed E-state index contributed by atoms with van der Waals surface area (Å²) in [6.45, 7) is 1.54. The van der Waals surface area contributed by atoms with Gasteiger partial charge in [0.15, 0.2) is 0 Å². The lowest BCUT2D eigenvalue weighted by Gasteiger charge is -2.28. The maximum Gasteiger partial charge on any atom is 0.123 e. The lowest BCUT2D eigenvalue weighted by molar-refractivity contribution is 0.257. The fourth-order valence-corrected chi connectivity index (χ4v) is 2.51. The smallest absolute Gasteiger partial charge is 0.123 e. The number of nitrogens with two attached hydrogens (primary N) is 1. The molecule has 0 amide bonds. The monoisotopic (exact) mass is 284 g/mol. The average molecular weight is 284 g/mol. The van der Waals surface area contributed by atoms with Gasteiger partial charge in [0, 0.05) is 24.4 Å². The quantitative estimate of drug-likeness (QED) is 0.791. The zero-order valence-electron chi connectivity index (χ0n) is 12.2. The Kier molecular flexibility index (Phi) is 7.05. The molecule has 0 aromatic heterocycles. The van der Waals surface area contributed by atoms with Crippen LogP contribution >= 0.6 is 11.8 Å². The number of likely N-dealkylation sites (N-methyl/N-ethyl adjacent to an activating group) is 1. The normalized spacial score (nSPS) is 12.5. The van der Waals surface area contributed by atoms with Gasteiger partial charge in [0.25, 0.3) is 0 Å². The summed E-state index contributed by atoms with van der Waals surface area (Å²) in [6.07, 6.45) is 2.11. The molecule has 1 rings (SSSR count). The third-order valence-corrected chi connectivity index (χ3v) is 3.79. The molecule has 0 radical (unpaired) electrons. The fraction of sp³-hybridized carbons (Fsp3) is 0.571. The summed E-state index contributed by atoms with van der Waals surface area (Å²) < 4.78 is 10.7. The number of nitrogens with zero attached hydrogens (tertiary/aromatic N) is 1. The van der Waals surface area contributed by atoms with E-state index in [9.17, 15) is 0 Å². The third kappa shape index (κ3) is 4.30. The van der Waals surface area contributed by atoms with Gasteiger partial charge in [0.2, 0.25) is 0 Å². The molecule has 0 saturated carbocycles. The first-order valence-electron chi connectivity index (χ1n) is 6.29. The minimum atomic E-state index is 0.136. The number of rotatable bonds is 8. The molecule has 4 nitrogen and oxygen atoms in total. The standard InChI is InChI=1S/C14H24N2O2S/c1-16(7-8-19-4)13(10-15)12-9-11(17-2)5-6-14(12)18-3/h5-6,9,13H,7-8,10,15H2,1-4H3. The van der Waals surface area contributed by atoms with Crippen LogP contribution in [0.25, 0.3) is 0 Å². The van der Waals surface area contributed by atoms with Gasteiger partial charge in [-0.05, 0) is 31.5 Å². The van der Waals surface area contributed by atoms with Crippen LogP contribution in [-0.2, 0) is 0 Å². The molecule has 1 atom stereocenters. The Morgan fingerprint density at radius 3 is 2.58 bits per heavy atom. The van der Waals surface area contributed by atoms with Gasteiger partial charge in [-0.15, -0.1) is 0 Å².